The fraction of sp³-hybridized carbons (Fsp3) is 0.200. The zero-order valence-electron chi connectivity index (χ0n) is 12.3. The third-order valence-corrected chi connectivity index (χ3v) is 5.72. The van der Waals surface area contributed by atoms with Crippen LogP contribution in [-0.4, -0.2) is 0 Å². The van der Waals surface area contributed by atoms with Crippen molar-refractivity contribution >= 4 is 31.9 Å². The number of fused-ring (bicyclic) bond motifs is 3. The number of benzene rings is 2. The lowest BCUT2D eigenvalue weighted by atomic mass is 9.80. The van der Waals surface area contributed by atoms with Crippen LogP contribution in [0.3, 0.4) is 0 Å². The molecule has 2 aromatic carbocycles. The molecule has 2 heteroatoms. The number of rotatable bonds is 1. The summed E-state index contributed by atoms with van der Waals surface area (Å²) in [5.74, 6) is 0.980. The Balaban J connectivity index is 1.89. The van der Waals surface area contributed by atoms with Crippen LogP contribution in [0.2, 0.25) is 0 Å². The molecule has 0 N–H and O–H groups in total. The van der Waals surface area contributed by atoms with Crippen LogP contribution in [0.5, 0.6) is 0 Å². The maximum Gasteiger partial charge on any atom is 0.0178 e. The molecule has 0 aromatic heterocycles. The van der Waals surface area contributed by atoms with E-state index in [1.54, 1.807) is 0 Å². The summed E-state index contributed by atoms with van der Waals surface area (Å²) in [7, 11) is 0. The molecule has 0 heterocycles. The van der Waals surface area contributed by atoms with Crippen LogP contribution in [0, 0.1) is 5.92 Å². The van der Waals surface area contributed by atoms with Crippen molar-refractivity contribution in [3.8, 4) is 11.1 Å². The number of halogens is 2. The summed E-state index contributed by atoms with van der Waals surface area (Å²) in [6, 6.07) is 13.4. The third-order valence-electron chi connectivity index (χ3n) is 4.73. The first-order valence-electron chi connectivity index (χ1n) is 7.58. The average molecular weight is 416 g/mol. The predicted octanol–water partition coefficient (Wildman–Crippen LogP) is 6.85. The molecule has 0 radical (unpaired) electrons. The monoisotopic (exact) mass is 414 g/mol. The molecular weight excluding hydrogens is 400 g/mol. The van der Waals surface area contributed by atoms with Crippen LogP contribution in [0.15, 0.2) is 69.1 Å². The summed E-state index contributed by atoms with van der Waals surface area (Å²) >= 11 is 7.29. The molecule has 1 unspecified atom stereocenters. The van der Waals surface area contributed by atoms with E-state index in [9.17, 15) is 0 Å². The minimum Gasteiger partial charge on any atom is -0.0810 e. The van der Waals surface area contributed by atoms with Gasteiger partial charge in [-0.25, -0.2) is 0 Å². The van der Waals surface area contributed by atoms with Gasteiger partial charge in [0.25, 0.3) is 0 Å². The molecule has 110 valence electrons. The van der Waals surface area contributed by atoms with Gasteiger partial charge in [-0.1, -0.05) is 67.8 Å². The molecule has 2 aliphatic carbocycles. The molecule has 0 saturated heterocycles. The van der Waals surface area contributed by atoms with Crippen LogP contribution < -0.4 is 0 Å². The van der Waals surface area contributed by atoms with E-state index in [-0.39, 0.29) is 0 Å². The number of hydrogen-bond acceptors (Lipinski definition) is 0. The predicted molar refractivity (Wildman–Crippen MR) is 100 cm³/mol. The zero-order valence-corrected chi connectivity index (χ0v) is 15.5. The van der Waals surface area contributed by atoms with Gasteiger partial charge in [-0.3, -0.25) is 0 Å². The second-order valence-corrected chi connectivity index (χ2v) is 7.98. The highest BCUT2D eigenvalue weighted by atomic mass is 79.9. The summed E-state index contributed by atoms with van der Waals surface area (Å²) < 4.78 is 2.32. The third kappa shape index (κ3) is 2.33. The topological polar surface area (TPSA) is 0 Å². The van der Waals surface area contributed by atoms with Gasteiger partial charge in [-0.05, 0) is 65.8 Å². The molecule has 0 saturated carbocycles. The molecule has 2 aromatic rings. The Morgan fingerprint density at radius 3 is 2.00 bits per heavy atom. The van der Waals surface area contributed by atoms with Crippen LogP contribution in [-0.2, 0) is 0 Å². The van der Waals surface area contributed by atoms with E-state index in [4.69, 9.17) is 0 Å². The summed E-state index contributed by atoms with van der Waals surface area (Å²) in [5, 5.41) is 0. The molecule has 0 spiro atoms. The minimum absolute atomic E-state index is 0.445. The summed E-state index contributed by atoms with van der Waals surface area (Å²) in [5.41, 5.74) is 7.04. The molecule has 1 atom stereocenters. The van der Waals surface area contributed by atoms with Gasteiger partial charge in [0.2, 0.25) is 0 Å². The first kappa shape index (κ1) is 14.5. The minimum atomic E-state index is 0.445. The van der Waals surface area contributed by atoms with Crippen LogP contribution in [0.25, 0.3) is 11.1 Å². The Labute approximate surface area is 148 Å². The highest BCUT2D eigenvalue weighted by Crippen LogP contribution is 2.51. The second kappa shape index (κ2) is 5.50. The van der Waals surface area contributed by atoms with Crippen molar-refractivity contribution in [1.29, 1.82) is 0 Å². The lowest BCUT2D eigenvalue weighted by molar-refractivity contribution is 0.579. The van der Waals surface area contributed by atoms with Crippen molar-refractivity contribution < 1.29 is 0 Å². The van der Waals surface area contributed by atoms with E-state index in [0.29, 0.717) is 11.8 Å². The van der Waals surface area contributed by atoms with Gasteiger partial charge in [0.05, 0.1) is 0 Å². The fourth-order valence-corrected chi connectivity index (χ4v) is 4.45. The van der Waals surface area contributed by atoms with Crippen molar-refractivity contribution in [2.75, 3.05) is 0 Å². The highest BCUT2D eigenvalue weighted by molar-refractivity contribution is 9.10. The van der Waals surface area contributed by atoms with Crippen LogP contribution in [0.4, 0.5) is 0 Å². The van der Waals surface area contributed by atoms with Gasteiger partial charge in [0.15, 0.2) is 0 Å². The summed E-state index contributed by atoms with van der Waals surface area (Å²) in [4.78, 5) is 0. The molecule has 0 amide bonds. The van der Waals surface area contributed by atoms with Crippen molar-refractivity contribution in [2.24, 2.45) is 5.92 Å². The fourth-order valence-electron chi connectivity index (χ4n) is 3.69. The van der Waals surface area contributed by atoms with Crippen molar-refractivity contribution in [1.82, 2.24) is 0 Å². The van der Waals surface area contributed by atoms with Crippen molar-refractivity contribution in [3.63, 3.8) is 0 Å². The first-order valence-corrected chi connectivity index (χ1v) is 9.16. The zero-order chi connectivity index (χ0) is 15.3. The number of hydrogen-bond donors (Lipinski definition) is 0. The van der Waals surface area contributed by atoms with E-state index in [0.717, 1.165) is 15.4 Å². The Kier molecular flexibility index (Phi) is 3.62. The van der Waals surface area contributed by atoms with Crippen LogP contribution in [0.1, 0.15) is 30.4 Å². The standard InChI is InChI=1S/C20H16Br2/c1-12-2-4-13(5-3-12)20-18-10-14(21)6-8-16(18)17-9-7-15(22)11-19(17)20/h2-4,6-11,13,20H,5H2,1H3. The Morgan fingerprint density at radius 2 is 1.50 bits per heavy atom. The SMILES string of the molecule is CC1=CCC(C2c3cc(Br)ccc3-c3ccc(Br)cc32)C=C1. The average Bonchev–Trinajstić information content (AvgIpc) is 2.80. The largest absolute Gasteiger partial charge is 0.0810 e. The lowest BCUT2D eigenvalue weighted by Crippen LogP contribution is -2.11. The van der Waals surface area contributed by atoms with Crippen molar-refractivity contribution in [3.05, 3.63) is 80.3 Å². The highest BCUT2D eigenvalue weighted by Gasteiger charge is 2.33. The Morgan fingerprint density at radius 1 is 0.909 bits per heavy atom. The Hall–Kier alpha value is -1.12. The van der Waals surface area contributed by atoms with Crippen molar-refractivity contribution in [2.45, 2.75) is 19.3 Å². The molecular formula is C20H16Br2. The molecule has 0 fully saturated rings. The van der Waals surface area contributed by atoms with Gasteiger partial charge in [0, 0.05) is 14.9 Å². The smallest absolute Gasteiger partial charge is 0.0178 e. The maximum atomic E-state index is 3.65. The van der Waals surface area contributed by atoms with Gasteiger partial charge < -0.3 is 0 Å². The van der Waals surface area contributed by atoms with E-state index in [1.807, 2.05) is 0 Å². The van der Waals surface area contributed by atoms with Crippen LogP contribution >= 0.6 is 31.9 Å². The molecule has 22 heavy (non-hydrogen) atoms. The first-order chi connectivity index (χ1) is 10.6. The number of allylic oxidation sites excluding steroid dienone is 4. The molecule has 2 aliphatic rings. The van der Waals surface area contributed by atoms with Gasteiger partial charge in [0.1, 0.15) is 0 Å². The van der Waals surface area contributed by atoms with E-state index in [1.165, 1.54) is 27.8 Å². The van der Waals surface area contributed by atoms with E-state index < -0.39 is 0 Å². The molecule has 0 aliphatic heterocycles. The molecule has 4 rings (SSSR count). The summed E-state index contributed by atoms with van der Waals surface area (Å²) in [6.45, 7) is 2.18. The second-order valence-electron chi connectivity index (χ2n) is 6.15. The normalized spacial score (nSPS) is 19.8. The molecule has 0 bridgehead atoms. The quantitative estimate of drug-likeness (QED) is 0.477. The molecule has 0 nitrogen and oxygen atoms in total. The summed E-state index contributed by atoms with van der Waals surface area (Å²) in [6.07, 6.45) is 8.13. The van der Waals surface area contributed by atoms with Gasteiger partial charge in [-0.15, -0.1) is 0 Å². The van der Waals surface area contributed by atoms with E-state index in [2.05, 4.69) is 93.4 Å². The maximum absolute atomic E-state index is 3.65. The van der Waals surface area contributed by atoms with E-state index >= 15 is 0 Å². The van der Waals surface area contributed by atoms with Gasteiger partial charge in [-0.2, -0.15) is 0 Å². The Bertz CT molecular complexity index is 763. The lowest BCUT2D eigenvalue weighted by Gasteiger charge is -2.24. The van der Waals surface area contributed by atoms with Gasteiger partial charge >= 0.3 is 0 Å².